The van der Waals surface area contributed by atoms with E-state index in [-0.39, 0.29) is 0 Å². The standard InChI is InChI=1S/C6H6O.C4H10O3/c7-6-4-2-1-3-5-6;1-3(5)7-4(2)6/h1-5,7H;3-6H,1-2H3. The van der Waals surface area contributed by atoms with Gasteiger partial charge in [0.05, 0.1) is 0 Å². The largest absolute Gasteiger partial charge is 0.508 e. The molecule has 0 saturated heterocycles. The number of para-hydroxylation sites is 1. The highest BCUT2D eigenvalue weighted by Crippen LogP contribution is 2.02. The first-order chi connectivity index (χ1) is 6.52. The predicted octanol–water partition coefficient (Wildman–Crippen LogP) is 1.07. The zero-order chi connectivity index (χ0) is 11.0. The Kier molecular flexibility index (Phi) is 6.74. The van der Waals surface area contributed by atoms with Gasteiger partial charge in [0, 0.05) is 0 Å². The molecule has 0 radical (unpaired) electrons. The molecule has 2 atom stereocenters. The van der Waals surface area contributed by atoms with Gasteiger partial charge < -0.3 is 20.1 Å². The first-order valence-electron chi connectivity index (χ1n) is 4.28. The van der Waals surface area contributed by atoms with Crippen LogP contribution in [0.15, 0.2) is 30.3 Å². The number of aromatic hydroxyl groups is 1. The van der Waals surface area contributed by atoms with E-state index in [0.29, 0.717) is 5.75 Å². The van der Waals surface area contributed by atoms with Gasteiger partial charge in [-0.3, -0.25) is 0 Å². The summed E-state index contributed by atoms with van der Waals surface area (Å²) in [5.74, 6) is 0.322. The molecule has 4 heteroatoms. The zero-order valence-electron chi connectivity index (χ0n) is 8.29. The fourth-order valence-corrected chi connectivity index (χ4v) is 0.713. The second kappa shape index (κ2) is 7.32. The second-order valence-electron chi connectivity index (χ2n) is 2.67. The molecule has 14 heavy (non-hydrogen) atoms. The fourth-order valence-electron chi connectivity index (χ4n) is 0.713. The SMILES string of the molecule is CC(O)OC(C)O.Oc1ccccc1. The first-order valence-corrected chi connectivity index (χ1v) is 4.28. The number of benzene rings is 1. The van der Waals surface area contributed by atoms with E-state index in [0.717, 1.165) is 0 Å². The van der Waals surface area contributed by atoms with Crippen molar-refractivity contribution >= 4 is 0 Å². The van der Waals surface area contributed by atoms with Gasteiger partial charge in [0.2, 0.25) is 0 Å². The lowest BCUT2D eigenvalue weighted by Crippen LogP contribution is -2.14. The summed E-state index contributed by atoms with van der Waals surface area (Å²) in [6.07, 6.45) is -1.75. The van der Waals surface area contributed by atoms with Crippen LogP contribution in [0, 0.1) is 0 Å². The minimum atomic E-state index is -0.875. The maximum atomic E-state index is 8.63. The van der Waals surface area contributed by atoms with Crippen LogP contribution in [0.3, 0.4) is 0 Å². The molecule has 2 unspecified atom stereocenters. The van der Waals surface area contributed by atoms with Crippen molar-refractivity contribution in [3.63, 3.8) is 0 Å². The second-order valence-corrected chi connectivity index (χ2v) is 2.67. The maximum Gasteiger partial charge on any atom is 0.154 e. The van der Waals surface area contributed by atoms with Crippen molar-refractivity contribution in [2.24, 2.45) is 0 Å². The molecule has 0 spiro atoms. The van der Waals surface area contributed by atoms with Crippen LogP contribution >= 0.6 is 0 Å². The Bertz CT molecular complexity index is 215. The fraction of sp³-hybridized carbons (Fsp3) is 0.400. The van der Waals surface area contributed by atoms with E-state index in [1.54, 1.807) is 24.3 Å². The number of hydrogen-bond acceptors (Lipinski definition) is 4. The number of rotatable bonds is 2. The van der Waals surface area contributed by atoms with Crippen LogP contribution in [-0.2, 0) is 4.74 Å². The highest BCUT2D eigenvalue weighted by molar-refractivity contribution is 5.18. The van der Waals surface area contributed by atoms with Crippen LogP contribution in [-0.4, -0.2) is 27.9 Å². The van der Waals surface area contributed by atoms with Crippen molar-refractivity contribution in [1.82, 2.24) is 0 Å². The topological polar surface area (TPSA) is 69.9 Å². The number of phenols is 1. The molecule has 0 amide bonds. The molecule has 0 heterocycles. The highest BCUT2D eigenvalue weighted by Gasteiger charge is 1.97. The summed E-state index contributed by atoms with van der Waals surface area (Å²) < 4.78 is 4.36. The van der Waals surface area contributed by atoms with Crippen molar-refractivity contribution in [2.45, 2.75) is 26.4 Å². The van der Waals surface area contributed by atoms with E-state index >= 15 is 0 Å². The Balaban J connectivity index is 0.000000241. The molecule has 0 saturated carbocycles. The van der Waals surface area contributed by atoms with Gasteiger partial charge in [0.15, 0.2) is 12.6 Å². The Hall–Kier alpha value is -1.10. The van der Waals surface area contributed by atoms with E-state index in [1.165, 1.54) is 13.8 Å². The van der Waals surface area contributed by atoms with Gasteiger partial charge in [-0.25, -0.2) is 0 Å². The summed E-state index contributed by atoms with van der Waals surface area (Å²) in [5, 5.41) is 25.3. The molecule has 4 nitrogen and oxygen atoms in total. The van der Waals surface area contributed by atoms with E-state index in [4.69, 9.17) is 15.3 Å². The third kappa shape index (κ3) is 8.99. The molecule has 0 aromatic heterocycles. The lowest BCUT2D eigenvalue weighted by molar-refractivity contribution is -0.190. The predicted molar refractivity (Wildman–Crippen MR) is 52.6 cm³/mol. The first kappa shape index (κ1) is 12.9. The lowest BCUT2D eigenvalue weighted by Gasteiger charge is -2.07. The van der Waals surface area contributed by atoms with Crippen molar-refractivity contribution in [3.05, 3.63) is 30.3 Å². The minimum Gasteiger partial charge on any atom is -0.508 e. The summed E-state index contributed by atoms with van der Waals surface area (Å²) in [5.41, 5.74) is 0. The number of aliphatic hydroxyl groups is 2. The Morgan fingerprint density at radius 3 is 1.57 bits per heavy atom. The zero-order valence-corrected chi connectivity index (χ0v) is 8.29. The molecule has 0 bridgehead atoms. The van der Waals surface area contributed by atoms with Gasteiger partial charge in [-0.05, 0) is 26.0 Å². The Labute approximate surface area is 83.4 Å². The van der Waals surface area contributed by atoms with Gasteiger partial charge >= 0.3 is 0 Å². The van der Waals surface area contributed by atoms with E-state index in [2.05, 4.69) is 4.74 Å². The summed E-state index contributed by atoms with van der Waals surface area (Å²) >= 11 is 0. The van der Waals surface area contributed by atoms with Crippen LogP contribution in [0.25, 0.3) is 0 Å². The molecule has 0 aliphatic rings. The molecule has 0 aliphatic carbocycles. The van der Waals surface area contributed by atoms with Crippen LogP contribution < -0.4 is 0 Å². The molecule has 1 aromatic carbocycles. The van der Waals surface area contributed by atoms with Crippen LogP contribution in [0.4, 0.5) is 0 Å². The number of phenolic OH excluding ortho intramolecular Hbond substituents is 1. The van der Waals surface area contributed by atoms with Gasteiger partial charge in [-0.1, -0.05) is 18.2 Å². The van der Waals surface area contributed by atoms with Gasteiger partial charge in [-0.15, -0.1) is 0 Å². The lowest BCUT2D eigenvalue weighted by atomic mass is 10.3. The van der Waals surface area contributed by atoms with Crippen LogP contribution in [0.1, 0.15) is 13.8 Å². The summed E-state index contributed by atoms with van der Waals surface area (Å²) in [6.45, 7) is 2.87. The third-order valence-electron chi connectivity index (χ3n) is 1.15. The van der Waals surface area contributed by atoms with Crippen LogP contribution in [0.5, 0.6) is 5.75 Å². The summed E-state index contributed by atoms with van der Waals surface area (Å²) in [7, 11) is 0. The summed E-state index contributed by atoms with van der Waals surface area (Å²) in [4.78, 5) is 0. The van der Waals surface area contributed by atoms with E-state index in [9.17, 15) is 0 Å². The van der Waals surface area contributed by atoms with Gasteiger partial charge in [0.1, 0.15) is 5.75 Å². The Morgan fingerprint density at radius 2 is 1.43 bits per heavy atom. The third-order valence-corrected chi connectivity index (χ3v) is 1.15. The average molecular weight is 200 g/mol. The highest BCUT2D eigenvalue weighted by atomic mass is 16.7. The molecular weight excluding hydrogens is 184 g/mol. The molecule has 0 aliphatic heterocycles. The van der Waals surface area contributed by atoms with Crippen molar-refractivity contribution in [3.8, 4) is 5.75 Å². The molecule has 3 N–H and O–H groups in total. The number of hydrogen-bond donors (Lipinski definition) is 3. The molecular formula is C10H16O4. The van der Waals surface area contributed by atoms with Crippen molar-refractivity contribution in [2.75, 3.05) is 0 Å². The number of aliphatic hydroxyl groups excluding tert-OH is 2. The van der Waals surface area contributed by atoms with Crippen molar-refractivity contribution in [1.29, 1.82) is 0 Å². The molecule has 1 aromatic rings. The van der Waals surface area contributed by atoms with E-state index < -0.39 is 12.6 Å². The quantitative estimate of drug-likeness (QED) is 0.624. The minimum absolute atomic E-state index is 0.322. The monoisotopic (exact) mass is 200 g/mol. The smallest absolute Gasteiger partial charge is 0.154 e. The number of ether oxygens (including phenoxy) is 1. The molecule has 80 valence electrons. The summed E-state index contributed by atoms with van der Waals surface area (Å²) in [6, 6.07) is 8.71. The van der Waals surface area contributed by atoms with Gasteiger partial charge in [0.25, 0.3) is 0 Å². The molecule has 1 rings (SSSR count). The average Bonchev–Trinajstić information content (AvgIpc) is 2.03. The van der Waals surface area contributed by atoms with Crippen molar-refractivity contribution < 1.29 is 20.1 Å². The van der Waals surface area contributed by atoms with E-state index in [1.807, 2.05) is 6.07 Å². The normalized spacial score (nSPS) is 13.7. The van der Waals surface area contributed by atoms with Crippen LogP contribution in [0.2, 0.25) is 0 Å². The Morgan fingerprint density at radius 1 is 1.00 bits per heavy atom. The maximum absolute atomic E-state index is 8.63. The molecule has 0 fully saturated rings. The van der Waals surface area contributed by atoms with Gasteiger partial charge in [-0.2, -0.15) is 0 Å².